The van der Waals surface area contributed by atoms with Gasteiger partial charge in [-0.15, -0.1) is 0 Å². The monoisotopic (exact) mass is 279 g/mol. The van der Waals surface area contributed by atoms with Gasteiger partial charge in [0, 0.05) is 12.1 Å². The number of hydrogen-bond acceptors (Lipinski definition) is 3. The van der Waals surface area contributed by atoms with Gasteiger partial charge in [-0.05, 0) is 90.1 Å². The first-order valence-electron chi connectivity index (χ1n) is 9.06. The average Bonchev–Trinajstić information content (AvgIpc) is 2.92. The van der Waals surface area contributed by atoms with Crippen molar-refractivity contribution in [1.29, 1.82) is 0 Å². The summed E-state index contributed by atoms with van der Waals surface area (Å²) in [5.74, 6) is 0.965. The van der Waals surface area contributed by atoms with Crippen LogP contribution in [0.15, 0.2) is 0 Å². The summed E-state index contributed by atoms with van der Waals surface area (Å²) in [6, 6.07) is 1.73. The van der Waals surface area contributed by atoms with Crippen LogP contribution in [0.4, 0.5) is 0 Å². The molecule has 20 heavy (non-hydrogen) atoms. The van der Waals surface area contributed by atoms with E-state index in [4.69, 9.17) is 0 Å². The topological polar surface area (TPSA) is 18.5 Å². The van der Waals surface area contributed by atoms with Crippen LogP contribution in [-0.4, -0.2) is 61.2 Å². The lowest BCUT2D eigenvalue weighted by molar-refractivity contribution is 0.109. The molecule has 3 fully saturated rings. The quantitative estimate of drug-likeness (QED) is 0.855. The zero-order valence-corrected chi connectivity index (χ0v) is 13.3. The van der Waals surface area contributed by atoms with Crippen molar-refractivity contribution in [2.24, 2.45) is 5.92 Å². The SMILES string of the molecule is CCN1CCCC(N2CCC(C3CCCN3)CC2)CC1. The third kappa shape index (κ3) is 3.55. The maximum absolute atomic E-state index is 3.72. The molecule has 3 aliphatic rings. The third-order valence-electron chi connectivity index (χ3n) is 6.00. The molecule has 3 heteroatoms. The minimum absolute atomic E-state index is 0.849. The van der Waals surface area contributed by atoms with Crippen molar-refractivity contribution in [3.8, 4) is 0 Å². The molecule has 2 atom stereocenters. The van der Waals surface area contributed by atoms with Crippen LogP contribution < -0.4 is 5.32 Å². The maximum atomic E-state index is 3.72. The van der Waals surface area contributed by atoms with E-state index in [9.17, 15) is 0 Å². The first kappa shape index (κ1) is 14.8. The Bertz CT molecular complexity index is 280. The zero-order chi connectivity index (χ0) is 13.8. The smallest absolute Gasteiger partial charge is 0.0108 e. The molecule has 0 amide bonds. The summed E-state index contributed by atoms with van der Waals surface area (Å²) in [5, 5.41) is 3.72. The Morgan fingerprint density at radius 1 is 0.900 bits per heavy atom. The molecule has 1 N–H and O–H groups in total. The van der Waals surface area contributed by atoms with Gasteiger partial charge < -0.3 is 15.1 Å². The Balaban J connectivity index is 1.45. The van der Waals surface area contributed by atoms with Crippen LogP contribution in [0, 0.1) is 5.92 Å². The van der Waals surface area contributed by atoms with E-state index in [1.807, 2.05) is 0 Å². The highest BCUT2D eigenvalue weighted by Gasteiger charge is 2.31. The Morgan fingerprint density at radius 2 is 1.75 bits per heavy atom. The fraction of sp³-hybridized carbons (Fsp3) is 1.00. The molecule has 0 spiro atoms. The molecule has 0 aromatic carbocycles. The summed E-state index contributed by atoms with van der Waals surface area (Å²) in [6.45, 7) is 10.2. The Labute approximate surface area is 125 Å². The number of hydrogen-bond donors (Lipinski definition) is 1. The molecule has 2 unspecified atom stereocenters. The lowest BCUT2D eigenvalue weighted by Crippen LogP contribution is -2.45. The summed E-state index contributed by atoms with van der Waals surface area (Å²) in [4.78, 5) is 5.46. The normalized spacial score (nSPS) is 35.2. The summed E-state index contributed by atoms with van der Waals surface area (Å²) < 4.78 is 0. The van der Waals surface area contributed by atoms with E-state index in [2.05, 4.69) is 22.0 Å². The molecule has 0 aromatic rings. The second kappa shape index (κ2) is 7.24. The van der Waals surface area contributed by atoms with Crippen molar-refractivity contribution in [3.63, 3.8) is 0 Å². The van der Waals surface area contributed by atoms with Gasteiger partial charge in [0.05, 0.1) is 0 Å². The van der Waals surface area contributed by atoms with Gasteiger partial charge in [-0.3, -0.25) is 0 Å². The molecule has 3 saturated heterocycles. The van der Waals surface area contributed by atoms with Crippen molar-refractivity contribution in [3.05, 3.63) is 0 Å². The predicted octanol–water partition coefficient (Wildman–Crippen LogP) is 2.32. The average molecular weight is 279 g/mol. The maximum Gasteiger partial charge on any atom is 0.0108 e. The fourth-order valence-electron chi connectivity index (χ4n) is 4.62. The van der Waals surface area contributed by atoms with Gasteiger partial charge in [-0.25, -0.2) is 0 Å². The Kier molecular flexibility index (Phi) is 5.36. The van der Waals surface area contributed by atoms with Crippen molar-refractivity contribution < 1.29 is 0 Å². The second-order valence-electron chi connectivity index (χ2n) is 7.10. The van der Waals surface area contributed by atoms with Crippen LogP contribution in [0.2, 0.25) is 0 Å². The van der Waals surface area contributed by atoms with E-state index in [1.165, 1.54) is 84.2 Å². The highest BCUT2D eigenvalue weighted by molar-refractivity contribution is 4.88. The highest BCUT2D eigenvalue weighted by Crippen LogP contribution is 2.28. The van der Waals surface area contributed by atoms with Crippen molar-refractivity contribution in [2.75, 3.05) is 39.3 Å². The first-order valence-corrected chi connectivity index (χ1v) is 9.06. The molecule has 3 nitrogen and oxygen atoms in total. The van der Waals surface area contributed by atoms with Gasteiger partial charge >= 0.3 is 0 Å². The Morgan fingerprint density at radius 3 is 2.45 bits per heavy atom. The van der Waals surface area contributed by atoms with Crippen LogP contribution in [0.3, 0.4) is 0 Å². The number of piperidine rings is 1. The molecular weight excluding hydrogens is 246 g/mol. The molecule has 0 aliphatic carbocycles. The van der Waals surface area contributed by atoms with Crippen LogP contribution in [0.5, 0.6) is 0 Å². The standard InChI is InChI=1S/C17H33N3/c1-2-19-11-4-5-16(9-12-19)20-13-7-15(8-14-20)17-6-3-10-18-17/h15-18H,2-14H2,1H3. The molecular formula is C17H33N3. The highest BCUT2D eigenvalue weighted by atomic mass is 15.2. The molecule has 0 bridgehead atoms. The largest absolute Gasteiger partial charge is 0.314 e. The first-order chi connectivity index (χ1) is 9.86. The fourth-order valence-corrected chi connectivity index (χ4v) is 4.62. The van der Waals surface area contributed by atoms with Crippen molar-refractivity contribution in [1.82, 2.24) is 15.1 Å². The second-order valence-corrected chi connectivity index (χ2v) is 7.10. The van der Waals surface area contributed by atoms with Crippen LogP contribution >= 0.6 is 0 Å². The lowest BCUT2D eigenvalue weighted by atomic mass is 9.87. The summed E-state index contributed by atoms with van der Waals surface area (Å²) in [5.41, 5.74) is 0. The van der Waals surface area contributed by atoms with E-state index in [-0.39, 0.29) is 0 Å². The summed E-state index contributed by atoms with van der Waals surface area (Å²) >= 11 is 0. The van der Waals surface area contributed by atoms with Crippen LogP contribution in [-0.2, 0) is 0 Å². The molecule has 0 aromatic heterocycles. The molecule has 116 valence electrons. The predicted molar refractivity (Wildman–Crippen MR) is 85.1 cm³/mol. The number of nitrogens with one attached hydrogen (secondary N) is 1. The molecule has 0 radical (unpaired) electrons. The summed E-state index contributed by atoms with van der Waals surface area (Å²) in [6.07, 6.45) is 9.95. The van der Waals surface area contributed by atoms with Gasteiger partial charge in [-0.2, -0.15) is 0 Å². The molecule has 3 heterocycles. The number of likely N-dealkylation sites (tertiary alicyclic amines) is 2. The van der Waals surface area contributed by atoms with Crippen molar-refractivity contribution in [2.45, 2.75) is 64.0 Å². The van der Waals surface area contributed by atoms with E-state index >= 15 is 0 Å². The number of nitrogens with zero attached hydrogens (tertiary/aromatic N) is 2. The molecule has 0 saturated carbocycles. The van der Waals surface area contributed by atoms with E-state index in [0.29, 0.717) is 0 Å². The van der Waals surface area contributed by atoms with Crippen LogP contribution in [0.1, 0.15) is 51.9 Å². The lowest BCUT2D eigenvalue weighted by Gasteiger charge is -2.39. The number of rotatable bonds is 3. The van der Waals surface area contributed by atoms with Gasteiger partial charge in [0.15, 0.2) is 0 Å². The van der Waals surface area contributed by atoms with Crippen LogP contribution in [0.25, 0.3) is 0 Å². The zero-order valence-electron chi connectivity index (χ0n) is 13.3. The minimum Gasteiger partial charge on any atom is -0.314 e. The van der Waals surface area contributed by atoms with E-state index in [0.717, 1.165) is 18.0 Å². The van der Waals surface area contributed by atoms with E-state index in [1.54, 1.807) is 0 Å². The van der Waals surface area contributed by atoms with Crippen molar-refractivity contribution >= 4 is 0 Å². The van der Waals surface area contributed by atoms with E-state index < -0.39 is 0 Å². The molecule has 3 rings (SSSR count). The summed E-state index contributed by atoms with van der Waals surface area (Å²) in [7, 11) is 0. The minimum atomic E-state index is 0.849. The Hall–Kier alpha value is -0.120. The molecule has 3 aliphatic heterocycles. The van der Waals surface area contributed by atoms with Gasteiger partial charge in [0.25, 0.3) is 0 Å². The van der Waals surface area contributed by atoms with Gasteiger partial charge in [-0.1, -0.05) is 6.92 Å². The third-order valence-corrected chi connectivity index (χ3v) is 6.00. The van der Waals surface area contributed by atoms with Gasteiger partial charge in [0.1, 0.15) is 0 Å². The van der Waals surface area contributed by atoms with Gasteiger partial charge in [0.2, 0.25) is 0 Å².